The number of hydrogen-bond acceptors (Lipinski definition) is 8. The molecule has 30 heavy (non-hydrogen) atoms. The Balaban J connectivity index is 1.62. The van der Waals surface area contributed by atoms with Gasteiger partial charge in [-0.1, -0.05) is 5.16 Å². The van der Waals surface area contributed by atoms with Gasteiger partial charge in [-0.2, -0.15) is 4.98 Å². The first-order valence-electron chi connectivity index (χ1n) is 8.37. The Bertz CT molecular complexity index is 1020. The first kappa shape index (κ1) is 21.0. The minimum absolute atomic E-state index is 0.00875. The van der Waals surface area contributed by atoms with Crippen LogP contribution in [0.3, 0.4) is 0 Å². The second kappa shape index (κ2) is 8.72. The number of hydrogen-bond donors (Lipinski definition) is 0. The minimum Gasteiger partial charge on any atom is -0.493 e. The minimum atomic E-state index is -4.78. The van der Waals surface area contributed by atoms with E-state index in [-0.39, 0.29) is 29.6 Å². The van der Waals surface area contributed by atoms with Crippen LogP contribution in [0.25, 0.3) is 11.4 Å². The Morgan fingerprint density at radius 2 is 1.73 bits per heavy atom. The quantitative estimate of drug-likeness (QED) is 0.526. The van der Waals surface area contributed by atoms with Crippen molar-refractivity contribution in [2.24, 2.45) is 0 Å². The number of ether oxygens (including phenoxy) is 4. The fourth-order valence-electron chi connectivity index (χ4n) is 2.41. The normalized spacial score (nSPS) is 11.1. The van der Waals surface area contributed by atoms with Crippen LogP contribution in [0.1, 0.15) is 16.2 Å². The van der Waals surface area contributed by atoms with E-state index in [1.165, 1.54) is 38.5 Å². The zero-order chi connectivity index (χ0) is 21.7. The molecule has 11 heteroatoms. The highest BCUT2D eigenvalue weighted by atomic mass is 19.4. The molecule has 158 valence electrons. The molecule has 0 aliphatic rings. The number of aromatic nitrogens is 2. The smallest absolute Gasteiger partial charge is 0.493 e. The van der Waals surface area contributed by atoms with Gasteiger partial charge in [0.25, 0.3) is 5.89 Å². The van der Waals surface area contributed by atoms with E-state index in [1.54, 1.807) is 6.07 Å². The van der Waals surface area contributed by atoms with Gasteiger partial charge in [-0.15, -0.1) is 13.2 Å². The van der Waals surface area contributed by atoms with Crippen LogP contribution in [0.15, 0.2) is 47.0 Å². The number of benzene rings is 2. The third kappa shape index (κ3) is 5.19. The summed E-state index contributed by atoms with van der Waals surface area (Å²) in [5.41, 5.74) is 0.624. The van der Waals surface area contributed by atoms with Crippen molar-refractivity contribution in [3.8, 4) is 28.6 Å². The first-order valence-corrected chi connectivity index (χ1v) is 8.37. The van der Waals surface area contributed by atoms with Crippen molar-refractivity contribution >= 4 is 5.97 Å². The van der Waals surface area contributed by atoms with Gasteiger partial charge in [-0.3, -0.25) is 0 Å². The molecule has 0 unspecified atom stereocenters. The van der Waals surface area contributed by atoms with Crippen LogP contribution in [0.2, 0.25) is 0 Å². The molecule has 0 aliphatic heterocycles. The average molecular weight is 424 g/mol. The van der Waals surface area contributed by atoms with Gasteiger partial charge in [0, 0.05) is 5.56 Å². The van der Waals surface area contributed by atoms with E-state index >= 15 is 0 Å². The summed E-state index contributed by atoms with van der Waals surface area (Å²) in [6.45, 7) is -0.296. The number of alkyl halides is 3. The molecule has 0 aliphatic carbocycles. The van der Waals surface area contributed by atoms with Crippen LogP contribution < -0.4 is 14.2 Å². The van der Waals surface area contributed by atoms with Crippen molar-refractivity contribution < 1.29 is 41.4 Å². The van der Waals surface area contributed by atoms with Crippen LogP contribution in [0, 0.1) is 0 Å². The molecule has 3 aromatic rings. The van der Waals surface area contributed by atoms with Gasteiger partial charge in [0.15, 0.2) is 18.1 Å². The zero-order valence-electron chi connectivity index (χ0n) is 15.7. The summed E-state index contributed by atoms with van der Waals surface area (Å²) in [7, 11) is 2.91. The summed E-state index contributed by atoms with van der Waals surface area (Å²) in [4.78, 5) is 16.2. The Morgan fingerprint density at radius 1 is 1.03 bits per heavy atom. The van der Waals surface area contributed by atoms with Crippen molar-refractivity contribution in [2.75, 3.05) is 14.2 Å². The molecular weight excluding hydrogens is 409 g/mol. The molecule has 1 aromatic heterocycles. The van der Waals surface area contributed by atoms with E-state index in [0.717, 1.165) is 12.1 Å². The van der Waals surface area contributed by atoms with Crippen molar-refractivity contribution in [1.29, 1.82) is 0 Å². The molecule has 0 amide bonds. The summed E-state index contributed by atoms with van der Waals surface area (Å²) in [5, 5.41) is 3.71. The Labute approximate surface area is 168 Å². The maximum absolute atomic E-state index is 12.2. The Morgan fingerprint density at radius 3 is 2.37 bits per heavy atom. The SMILES string of the molecule is COc1ccc(C(=O)OCc2nc(-c3ccc(OC(F)(F)F)cc3)no2)cc1OC. The number of carbonyl (C=O) groups is 1. The summed E-state index contributed by atoms with van der Waals surface area (Å²) >= 11 is 0. The second-order valence-corrected chi connectivity index (χ2v) is 5.73. The van der Waals surface area contributed by atoms with Crippen molar-refractivity contribution in [3.05, 3.63) is 53.9 Å². The van der Waals surface area contributed by atoms with Crippen LogP contribution in [-0.4, -0.2) is 36.7 Å². The number of rotatable bonds is 7. The summed E-state index contributed by atoms with van der Waals surface area (Å²) in [5.74, 6) is -0.0736. The van der Waals surface area contributed by atoms with Gasteiger partial charge < -0.3 is 23.5 Å². The van der Waals surface area contributed by atoms with Gasteiger partial charge in [0.05, 0.1) is 19.8 Å². The lowest BCUT2D eigenvalue weighted by Gasteiger charge is -2.09. The van der Waals surface area contributed by atoms with Crippen LogP contribution in [0.5, 0.6) is 17.2 Å². The fourth-order valence-corrected chi connectivity index (χ4v) is 2.41. The number of esters is 1. The summed E-state index contributed by atoms with van der Waals surface area (Å²) in [6, 6.07) is 9.45. The van der Waals surface area contributed by atoms with Gasteiger partial charge in [0.2, 0.25) is 5.82 Å². The molecule has 0 spiro atoms. The van der Waals surface area contributed by atoms with E-state index in [2.05, 4.69) is 14.9 Å². The lowest BCUT2D eigenvalue weighted by Crippen LogP contribution is -2.16. The molecule has 2 aromatic carbocycles. The van der Waals surface area contributed by atoms with E-state index in [0.29, 0.717) is 17.1 Å². The van der Waals surface area contributed by atoms with E-state index in [1.807, 2.05) is 0 Å². The third-order valence-corrected chi connectivity index (χ3v) is 3.76. The van der Waals surface area contributed by atoms with Crippen molar-refractivity contribution in [2.45, 2.75) is 13.0 Å². The summed E-state index contributed by atoms with van der Waals surface area (Å²) in [6.07, 6.45) is -4.78. The predicted molar refractivity (Wildman–Crippen MR) is 95.1 cm³/mol. The van der Waals surface area contributed by atoms with E-state index < -0.39 is 12.3 Å². The number of nitrogens with zero attached hydrogens (tertiary/aromatic N) is 2. The van der Waals surface area contributed by atoms with Gasteiger partial charge >= 0.3 is 12.3 Å². The molecule has 0 N–H and O–H groups in total. The maximum atomic E-state index is 12.2. The topological polar surface area (TPSA) is 92.9 Å². The average Bonchev–Trinajstić information content (AvgIpc) is 3.20. The van der Waals surface area contributed by atoms with E-state index in [9.17, 15) is 18.0 Å². The molecule has 3 rings (SSSR count). The second-order valence-electron chi connectivity index (χ2n) is 5.73. The van der Waals surface area contributed by atoms with Crippen molar-refractivity contribution in [1.82, 2.24) is 10.1 Å². The predicted octanol–water partition coefficient (Wildman–Crippen LogP) is 4.01. The molecule has 0 bridgehead atoms. The molecular formula is C19H15F3N2O6. The van der Waals surface area contributed by atoms with E-state index in [4.69, 9.17) is 18.7 Å². The largest absolute Gasteiger partial charge is 0.573 e. The van der Waals surface area contributed by atoms with Crippen LogP contribution in [0.4, 0.5) is 13.2 Å². The van der Waals surface area contributed by atoms with Gasteiger partial charge in [0.1, 0.15) is 5.75 Å². The van der Waals surface area contributed by atoms with Crippen LogP contribution >= 0.6 is 0 Å². The molecule has 0 saturated carbocycles. The van der Waals surface area contributed by atoms with Gasteiger partial charge in [-0.05, 0) is 42.5 Å². The lowest BCUT2D eigenvalue weighted by atomic mass is 10.2. The monoisotopic (exact) mass is 424 g/mol. The first-order chi connectivity index (χ1) is 14.3. The standard InChI is InChI=1S/C19H15F3N2O6/c1-26-14-8-5-12(9-15(14)27-2)18(25)28-10-16-23-17(24-30-16)11-3-6-13(7-4-11)29-19(20,21)22/h3-9H,10H2,1-2H3. The Kier molecular flexibility index (Phi) is 6.09. The molecule has 0 saturated heterocycles. The molecule has 1 heterocycles. The lowest BCUT2D eigenvalue weighted by molar-refractivity contribution is -0.274. The molecule has 0 fully saturated rings. The number of halogens is 3. The molecule has 0 radical (unpaired) electrons. The summed E-state index contributed by atoms with van der Waals surface area (Å²) < 4.78 is 60.8. The van der Waals surface area contributed by atoms with Gasteiger partial charge in [-0.25, -0.2) is 4.79 Å². The Hall–Kier alpha value is -3.76. The highest BCUT2D eigenvalue weighted by Gasteiger charge is 2.31. The highest BCUT2D eigenvalue weighted by molar-refractivity contribution is 5.90. The number of methoxy groups -OCH3 is 2. The van der Waals surface area contributed by atoms with Crippen LogP contribution in [-0.2, 0) is 11.3 Å². The highest BCUT2D eigenvalue weighted by Crippen LogP contribution is 2.28. The molecule has 8 nitrogen and oxygen atoms in total. The zero-order valence-corrected chi connectivity index (χ0v) is 15.7. The fraction of sp³-hybridized carbons (Fsp3) is 0.211. The maximum Gasteiger partial charge on any atom is 0.573 e. The number of carbonyl (C=O) groups excluding carboxylic acids is 1. The van der Waals surface area contributed by atoms with Crippen molar-refractivity contribution in [3.63, 3.8) is 0 Å². The molecule has 0 atom stereocenters. The third-order valence-electron chi connectivity index (χ3n) is 3.76.